The zero-order chi connectivity index (χ0) is 14.9. The SMILES string of the molecule is CC(C)(C)NCC1CCCN(Cc2cn3ccsc3n2)C1. The highest BCUT2D eigenvalue weighted by molar-refractivity contribution is 7.15. The minimum atomic E-state index is 0.219. The summed E-state index contributed by atoms with van der Waals surface area (Å²) < 4.78 is 2.13. The summed E-state index contributed by atoms with van der Waals surface area (Å²) in [4.78, 5) is 8.37. The van der Waals surface area contributed by atoms with E-state index in [1.807, 2.05) is 0 Å². The first-order valence-electron chi connectivity index (χ1n) is 7.88. The summed E-state index contributed by atoms with van der Waals surface area (Å²) >= 11 is 1.70. The highest BCUT2D eigenvalue weighted by Crippen LogP contribution is 2.19. The molecule has 0 saturated carbocycles. The number of hydrogen-bond donors (Lipinski definition) is 1. The number of imidazole rings is 1. The second kappa shape index (κ2) is 6.07. The lowest BCUT2D eigenvalue weighted by molar-refractivity contribution is 0.158. The summed E-state index contributed by atoms with van der Waals surface area (Å²) in [5.74, 6) is 0.765. The molecule has 5 heteroatoms. The van der Waals surface area contributed by atoms with Crippen molar-refractivity contribution < 1.29 is 0 Å². The van der Waals surface area contributed by atoms with Gasteiger partial charge in [-0.05, 0) is 52.6 Å². The van der Waals surface area contributed by atoms with Gasteiger partial charge in [-0.25, -0.2) is 4.98 Å². The van der Waals surface area contributed by atoms with Crippen LogP contribution in [0.1, 0.15) is 39.3 Å². The molecule has 1 saturated heterocycles. The molecule has 0 amide bonds. The van der Waals surface area contributed by atoms with Crippen molar-refractivity contribution in [2.24, 2.45) is 5.92 Å². The highest BCUT2D eigenvalue weighted by atomic mass is 32.1. The first-order chi connectivity index (χ1) is 9.99. The zero-order valence-electron chi connectivity index (χ0n) is 13.3. The number of fused-ring (bicyclic) bond motifs is 1. The van der Waals surface area contributed by atoms with E-state index in [1.165, 1.54) is 31.6 Å². The van der Waals surface area contributed by atoms with E-state index in [2.05, 4.69) is 53.2 Å². The third kappa shape index (κ3) is 4.05. The lowest BCUT2D eigenvalue weighted by Gasteiger charge is -2.34. The van der Waals surface area contributed by atoms with Gasteiger partial charge in [0.25, 0.3) is 0 Å². The van der Waals surface area contributed by atoms with E-state index < -0.39 is 0 Å². The first-order valence-corrected chi connectivity index (χ1v) is 8.76. The largest absolute Gasteiger partial charge is 0.312 e. The number of likely N-dealkylation sites (tertiary alicyclic amines) is 1. The number of nitrogens with zero attached hydrogens (tertiary/aromatic N) is 3. The molecule has 0 bridgehead atoms. The van der Waals surface area contributed by atoms with Gasteiger partial charge in [0.05, 0.1) is 5.69 Å². The molecule has 0 aromatic carbocycles. The van der Waals surface area contributed by atoms with Gasteiger partial charge in [0.2, 0.25) is 0 Å². The van der Waals surface area contributed by atoms with Crippen molar-refractivity contribution in [1.29, 1.82) is 0 Å². The minimum Gasteiger partial charge on any atom is -0.312 e. The van der Waals surface area contributed by atoms with Crippen LogP contribution in [0.5, 0.6) is 0 Å². The third-order valence-corrected chi connectivity index (χ3v) is 4.82. The van der Waals surface area contributed by atoms with Gasteiger partial charge in [-0.1, -0.05) is 0 Å². The topological polar surface area (TPSA) is 32.6 Å². The van der Waals surface area contributed by atoms with Gasteiger partial charge < -0.3 is 5.32 Å². The lowest BCUT2D eigenvalue weighted by Crippen LogP contribution is -2.44. The zero-order valence-corrected chi connectivity index (χ0v) is 14.1. The van der Waals surface area contributed by atoms with Crippen LogP contribution in [0.15, 0.2) is 17.8 Å². The lowest BCUT2D eigenvalue weighted by atomic mass is 9.96. The van der Waals surface area contributed by atoms with E-state index in [9.17, 15) is 0 Å². The van der Waals surface area contributed by atoms with E-state index in [-0.39, 0.29) is 5.54 Å². The minimum absolute atomic E-state index is 0.219. The van der Waals surface area contributed by atoms with Crippen molar-refractivity contribution in [2.75, 3.05) is 19.6 Å². The maximum atomic E-state index is 4.70. The summed E-state index contributed by atoms with van der Waals surface area (Å²) in [6.07, 6.45) is 6.90. The third-order valence-electron chi connectivity index (χ3n) is 4.05. The second-order valence-electron chi connectivity index (χ2n) is 7.20. The normalized spacial score (nSPS) is 21.2. The molecule has 1 atom stereocenters. The monoisotopic (exact) mass is 306 g/mol. The Balaban J connectivity index is 1.54. The van der Waals surface area contributed by atoms with Gasteiger partial charge in [-0.2, -0.15) is 0 Å². The molecule has 21 heavy (non-hydrogen) atoms. The Labute approximate surface area is 131 Å². The fraction of sp³-hybridized carbons (Fsp3) is 0.688. The highest BCUT2D eigenvalue weighted by Gasteiger charge is 2.22. The summed E-state index contributed by atoms with van der Waals surface area (Å²) in [6, 6.07) is 0. The molecule has 1 N–H and O–H groups in total. The van der Waals surface area contributed by atoms with Gasteiger partial charge in [0.1, 0.15) is 0 Å². The van der Waals surface area contributed by atoms with E-state index in [0.29, 0.717) is 0 Å². The van der Waals surface area contributed by atoms with Crippen LogP contribution in [0, 0.1) is 5.92 Å². The van der Waals surface area contributed by atoms with Crippen LogP contribution in [0.2, 0.25) is 0 Å². The van der Waals surface area contributed by atoms with Crippen LogP contribution < -0.4 is 5.32 Å². The molecule has 4 nitrogen and oxygen atoms in total. The first kappa shape index (κ1) is 15.0. The molecule has 3 heterocycles. The van der Waals surface area contributed by atoms with Crippen LogP contribution in [0.4, 0.5) is 0 Å². The average molecular weight is 306 g/mol. The average Bonchev–Trinajstić information content (AvgIpc) is 2.97. The number of rotatable bonds is 4. The molecule has 1 aliphatic rings. The number of thiazole rings is 1. The van der Waals surface area contributed by atoms with Crippen LogP contribution in [0.25, 0.3) is 4.96 Å². The fourth-order valence-electron chi connectivity index (χ4n) is 2.99. The van der Waals surface area contributed by atoms with E-state index >= 15 is 0 Å². The molecule has 2 aromatic rings. The molecule has 1 unspecified atom stereocenters. The van der Waals surface area contributed by atoms with Crippen molar-refractivity contribution in [1.82, 2.24) is 19.6 Å². The Morgan fingerprint density at radius 3 is 3.05 bits per heavy atom. The van der Waals surface area contributed by atoms with Gasteiger partial charge in [0.15, 0.2) is 4.96 Å². The molecule has 2 aromatic heterocycles. The van der Waals surface area contributed by atoms with Crippen molar-refractivity contribution in [2.45, 2.75) is 45.7 Å². The number of nitrogens with one attached hydrogen (secondary N) is 1. The van der Waals surface area contributed by atoms with Crippen molar-refractivity contribution in [3.05, 3.63) is 23.5 Å². The van der Waals surface area contributed by atoms with Gasteiger partial charge >= 0.3 is 0 Å². The molecule has 116 valence electrons. The summed E-state index contributed by atoms with van der Waals surface area (Å²) in [5, 5.41) is 5.73. The van der Waals surface area contributed by atoms with Crippen molar-refractivity contribution in [3.8, 4) is 0 Å². The van der Waals surface area contributed by atoms with Crippen LogP contribution in [-0.2, 0) is 6.54 Å². The molecule has 3 rings (SSSR count). The van der Waals surface area contributed by atoms with E-state index in [0.717, 1.165) is 24.0 Å². The second-order valence-corrected chi connectivity index (χ2v) is 8.07. The van der Waals surface area contributed by atoms with Crippen molar-refractivity contribution >= 4 is 16.3 Å². The van der Waals surface area contributed by atoms with Crippen molar-refractivity contribution in [3.63, 3.8) is 0 Å². The van der Waals surface area contributed by atoms with Crippen LogP contribution in [-0.4, -0.2) is 39.5 Å². The predicted molar refractivity (Wildman–Crippen MR) is 88.8 cm³/mol. The Morgan fingerprint density at radius 2 is 2.29 bits per heavy atom. The Hall–Kier alpha value is -0.910. The maximum absolute atomic E-state index is 4.70. The van der Waals surface area contributed by atoms with E-state index in [1.54, 1.807) is 11.3 Å². The fourth-order valence-corrected chi connectivity index (χ4v) is 3.71. The summed E-state index contributed by atoms with van der Waals surface area (Å²) in [5.41, 5.74) is 1.42. The number of aromatic nitrogens is 2. The number of piperidine rings is 1. The standard InChI is InChI=1S/C16H26N4S/c1-16(2,3)17-9-13-5-4-6-19(10-13)11-14-12-20-7-8-21-15(20)18-14/h7-8,12-13,17H,4-6,9-11H2,1-3H3. The van der Waals surface area contributed by atoms with Gasteiger partial charge in [-0.3, -0.25) is 9.30 Å². The van der Waals surface area contributed by atoms with Gasteiger partial charge in [0, 0.05) is 36.4 Å². The predicted octanol–water partition coefficient (Wildman–Crippen LogP) is 3.00. The van der Waals surface area contributed by atoms with Crippen LogP contribution in [0.3, 0.4) is 0 Å². The molecule has 0 aliphatic carbocycles. The summed E-state index contributed by atoms with van der Waals surface area (Å²) in [7, 11) is 0. The molecular weight excluding hydrogens is 280 g/mol. The number of hydrogen-bond acceptors (Lipinski definition) is 4. The molecule has 1 fully saturated rings. The smallest absolute Gasteiger partial charge is 0.193 e. The Bertz CT molecular complexity index is 552. The van der Waals surface area contributed by atoms with Crippen LogP contribution >= 0.6 is 11.3 Å². The van der Waals surface area contributed by atoms with E-state index in [4.69, 9.17) is 4.98 Å². The molecule has 1 aliphatic heterocycles. The molecular formula is C16H26N4S. The Morgan fingerprint density at radius 1 is 1.43 bits per heavy atom. The Kier molecular flexibility index (Phi) is 4.33. The molecule has 0 spiro atoms. The quantitative estimate of drug-likeness (QED) is 0.942. The van der Waals surface area contributed by atoms with Gasteiger partial charge in [-0.15, -0.1) is 11.3 Å². The molecule has 0 radical (unpaired) electrons. The maximum Gasteiger partial charge on any atom is 0.193 e. The summed E-state index contributed by atoms with van der Waals surface area (Å²) in [6.45, 7) is 11.2.